The molecule has 0 atom stereocenters. The summed E-state index contributed by atoms with van der Waals surface area (Å²) in [5, 5.41) is 8.14. The van der Waals surface area contributed by atoms with Crippen molar-refractivity contribution in [3.63, 3.8) is 0 Å². The summed E-state index contributed by atoms with van der Waals surface area (Å²) >= 11 is 0. The molecule has 1 N–H and O–H groups in total. The topological polar surface area (TPSA) is 90.4 Å². The number of fused-ring (bicyclic) bond motifs is 3. The van der Waals surface area contributed by atoms with Gasteiger partial charge in [0.2, 0.25) is 5.78 Å². The minimum atomic E-state index is -0.333. The van der Waals surface area contributed by atoms with Crippen molar-refractivity contribution < 1.29 is 4.79 Å². The summed E-state index contributed by atoms with van der Waals surface area (Å²) in [5.74, 6) is 0.300. The van der Waals surface area contributed by atoms with Crippen LogP contribution in [0.1, 0.15) is 67.4 Å². The predicted molar refractivity (Wildman–Crippen MR) is 141 cm³/mol. The zero-order valence-electron chi connectivity index (χ0n) is 21.2. The van der Waals surface area contributed by atoms with Gasteiger partial charge in [-0.25, -0.2) is 13.9 Å². The Hall–Kier alpha value is -3.68. The van der Waals surface area contributed by atoms with Gasteiger partial charge in [0.1, 0.15) is 0 Å². The van der Waals surface area contributed by atoms with Gasteiger partial charge in [-0.1, -0.05) is 57.4 Å². The SMILES string of the molecule is Cc1ccccc1Cn1nc2n(CC(C)C)c(=O)c3ccc(C(=O)NC4CCCCC4)cc3n2c1=O. The van der Waals surface area contributed by atoms with E-state index in [9.17, 15) is 14.4 Å². The van der Waals surface area contributed by atoms with Crippen LogP contribution >= 0.6 is 0 Å². The third kappa shape index (κ3) is 4.47. The van der Waals surface area contributed by atoms with Crippen LogP contribution in [0, 0.1) is 12.8 Å². The molecule has 1 aliphatic carbocycles. The van der Waals surface area contributed by atoms with E-state index in [1.807, 2.05) is 45.0 Å². The van der Waals surface area contributed by atoms with Gasteiger partial charge < -0.3 is 5.32 Å². The first-order chi connectivity index (χ1) is 17.3. The molecule has 0 unspecified atom stereocenters. The average Bonchev–Trinajstić information content (AvgIpc) is 3.19. The number of benzene rings is 2. The van der Waals surface area contributed by atoms with E-state index in [4.69, 9.17) is 0 Å². The van der Waals surface area contributed by atoms with Gasteiger partial charge in [0, 0.05) is 18.2 Å². The maximum absolute atomic E-state index is 13.7. The zero-order chi connectivity index (χ0) is 25.4. The third-order valence-corrected chi connectivity index (χ3v) is 7.11. The summed E-state index contributed by atoms with van der Waals surface area (Å²) in [5.41, 5.74) is 2.35. The molecule has 36 heavy (non-hydrogen) atoms. The van der Waals surface area contributed by atoms with Gasteiger partial charge in [-0.2, -0.15) is 0 Å². The average molecular weight is 488 g/mol. The molecule has 0 bridgehead atoms. The van der Waals surface area contributed by atoms with Crippen LogP contribution in [0.5, 0.6) is 0 Å². The molecule has 0 saturated heterocycles. The van der Waals surface area contributed by atoms with Crippen molar-refractivity contribution in [3.8, 4) is 0 Å². The standard InChI is InChI=1S/C28H33N5O3/c1-18(2)16-31-26(35)23-14-13-20(25(34)29-22-11-5-4-6-12-22)15-24(23)33-27(31)30-32(28(33)36)17-21-10-8-7-9-19(21)3/h7-10,13-15,18,22H,4-6,11-12,16-17H2,1-3H3,(H,29,34). The van der Waals surface area contributed by atoms with Gasteiger partial charge in [0.15, 0.2) is 0 Å². The Balaban J connectivity index is 1.66. The lowest BCUT2D eigenvalue weighted by molar-refractivity contribution is 0.0928. The van der Waals surface area contributed by atoms with Crippen LogP contribution in [0.3, 0.4) is 0 Å². The van der Waals surface area contributed by atoms with Crippen LogP contribution in [0.25, 0.3) is 16.7 Å². The molecule has 0 radical (unpaired) electrons. The monoisotopic (exact) mass is 487 g/mol. The lowest BCUT2D eigenvalue weighted by atomic mass is 9.95. The quantitative estimate of drug-likeness (QED) is 0.447. The highest BCUT2D eigenvalue weighted by molar-refractivity contribution is 5.98. The van der Waals surface area contributed by atoms with Crippen molar-refractivity contribution in [2.24, 2.45) is 5.92 Å². The van der Waals surface area contributed by atoms with E-state index >= 15 is 0 Å². The molecule has 5 rings (SSSR count). The van der Waals surface area contributed by atoms with Crippen molar-refractivity contribution in [2.75, 3.05) is 0 Å². The minimum Gasteiger partial charge on any atom is -0.349 e. The first-order valence-corrected chi connectivity index (χ1v) is 12.8. The van der Waals surface area contributed by atoms with Gasteiger partial charge in [-0.05, 0) is 55.0 Å². The third-order valence-electron chi connectivity index (χ3n) is 7.11. The fourth-order valence-corrected chi connectivity index (χ4v) is 5.15. The molecule has 188 valence electrons. The molecule has 1 amide bonds. The molecule has 2 aromatic heterocycles. The number of hydrogen-bond acceptors (Lipinski definition) is 4. The van der Waals surface area contributed by atoms with E-state index in [0.717, 1.165) is 36.8 Å². The van der Waals surface area contributed by atoms with Crippen LogP contribution in [-0.4, -0.2) is 30.7 Å². The number of hydrogen-bond donors (Lipinski definition) is 1. The minimum absolute atomic E-state index is 0.167. The molecule has 2 heterocycles. The van der Waals surface area contributed by atoms with Crippen molar-refractivity contribution >= 4 is 22.6 Å². The molecule has 1 saturated carbocycles. The summed E-state index contributed by atoms with van der Waals surface area (Å²) < 4.78 is 4.46. The van der Waals surface area contributed by atoms with Gasteiger partial charge in [-0.15, -0.1) is 5.10 Å². The Morgan fingerprint density at radius 1 is 1.08 bits per heavy atom. The van der Waals surface area contributed by atoms with E-state index in [2.05, 4.69) is 10.4 Å². The number of nitrogens with zero attached hydrogens (tertiary/aromatic N) is 4. The molecule has 1 aliphatic rings. The fourth-order valence-electron chi connectivity index (χ4n) is 5.15. The van der Waals surface area contributed by atoms with E-state index in [1.165, 1.54) is 15.5 Å². The van der Waals surface area contributed by atoms with Gasteiger partial charge in [0.25, 0.3) is 11.5 Å². The summed E-state index contributed by atoms with van der Waals surface area (Å²) in [6.07, 6.45) is 5.41. The van der Waals surface area contributed by atoms with Crippen LogP contribution in [-0.2, 0) is 13.1 Å². The molecule has 4 aromatic rings. The smallest absolute Gasteiger partial charge is 0.349 e. The second kappa shape index (κ2) is 9.76. The number of nitrogens with one attached hydrogen (secondary N) is 1. The maximum atomic E-state index is 13.7. The molecule has 0 spiro atoms. The highest BCUT2D eigenvalue weighted by atomic mass is 16.2. The van der Waals surface area contributed by atoms with Crippen molar-refractivity contribution in [3.05, 3.63) is 80.0 Å². The second-order valence-corrected chi connectivity index (χ2v) is 10.4. The Bertz CT molecular complexity index is 1550. The molecular formula is C28H33N5O3. The maximum Gasteiger partial charge on any atom is 0.352 e. The fraction of sp³-hybridized carbons (Fsp3) is 0.429. The Morgan fingerprint density at radius 2 is 1.83 bits per heavy atom. The van der Waals surface area contributed by atoms with Crippen LogP contribution in [0.4, 0.5) is 0 Å². The molecule has 8 nitrogen and oxygen atoms in total. The number of aryl methyl sites for hydroxylation is 1. The number of aromatic nitrogens is 4. The second-order valence-electron chi connectivity index (χ2n) is 10.4. The van der Waals surface area contributed by atoms with Gasteiger partial charge in [0.05, 0.1) is 17.4 Å². The highest BCUT2D eigenvalue weighted by Gasteiger charge is 2.21. The summed E-state index contributed by atoms with van der Waals surface area (Å²) in [7, 11) is 0. The van der Waals surface area contributed by atoms with Gasteiger partial charge >= 0.3 is 5.69 Å². The van der Waals surface area contributed by atoms with E-state index in [-0.39, 0.29) is 29.1 Å². The Kier molecular flexibility index (Phi) is 6.51. The summed E-state index contributed by atoms with van der Waals surface area (Å²) in [6, 6.07) is 13.0. The van der Waals surface area contributed by atoms with E-state index in [1.54, 1.807) is 22.8 Å². The zero-order valence-corrected chi connectivity index (χ0v) is 21.2. The molecule has 8 heteroatoms. The summed E-state index contributed by atoms with van der Waals surface area (Å²) in [6.45, 7) is 6.77. The molecule has 0 aliphatic heterocycles. The first kappa shape index (κ1) is 24.0. The molecule has 2 aromatic carbocycles. The lowest BCUT2D eigenvalue weighted by Gasteiger charge is -2.22. The molecule has 1 fully saturated rings. The van der Waals surface area contributed by atoms with Crippen LogP contribution in [0.2, 0.25) is 0 Å². The molecular weight excluding hydrogens is 454 g/mol. The van der Waals surface area contributed by atoms with Crippen molar-refractivity contribution in [1.29, 1.82) is 0 Å². The Labute approximate surface area is 209 Å². The Morgan fingerprint density at radius 3 is 2.56 bits per heavy atom. The van der Waals surface area contributed by atoms with Crippen molar-refractivity contribution in [2.45, 2.75) is 72.0 Å². The van der Waals surface area contributed by atoms with E-state index in [0.29, 0.717) is 35.3 Å². The lowest BCUT2D eigenvalue weighted by Crippen LogP contribution is -2.36. The normalized spacial score (nSPS) is 14.7. The number of rotatable bonds is 6. The van der Waals surface area contributed by atoms with Gasteiger partial charge in [-0.3, -0.25) is 14.2 Å². The first-order valence-electron chi connectivity index (χ1n) is 12.8. The van der Waals surface area contributed by atoms with E-state index < -0.39 is 0 Å². The van der Waals surface area contributed by atoms with Crippen LogP contribution < -0.4 is 16.6 Å². The van der Waals surface area contributed by atoms with Crippen molar-refractivity contribution in [1.82, 2.24) is 24.1 Å². The highest BCUT2D eigenvalue weighted by Crippen LogP contribution is 2.19. The summed E-state index contributed by atoms with van der Waals surface area (Å²) in [4.78, 5) is 40.2. The van der Waals surface area contributed by atoms with Crippen LogP contribution in [0.15, 0.2) is 52.1 Å². The number of carbonyl (C=O) groups excluding carboxylic acids is 1. The number of carbonyl (C=O) groups is 1. The largest absolute Gasteiger partial charge is 0.352 e. The predicted octanol–water partition coefficient (Wildman–Crippen LogP) is 3.89. The number of amides is 1.